The molecule has 3 aliphatic rings. The summed E-state index contributed by atoms with van der Waals surface area (Å²) in [5.74, 6) is 0.430. The van der Waals surface area contributed by atoms with Gasteiger partial charge in [-0.25, -0.2) is 0 Å². The van der Waals surface area contributed by atoms with Crippen LogP contribution in [0.5, 0.6) is 0 Å². The Balaban J connectivity index is 1.16. The van der Waals surface area contributed by atoms with E-state index < -0.39 is 10.8 Å². The molecule has 64 heavy (non-hydrogen) atoms. The first-order chi connectivity index (χ1) is 31.7. The predicted octanol–water partition coefficient (Wildman–Crippen LogP) is 16.0. The maximum absolute atomic E-state index is 2.53. The van der Waals surface area contributed by atoms with Gasteiger partial charge in [-0.15, -0.1) is 0 Å². The van der Waals surface area contributed by atoms with Crippen LogP contribution in [0.2, 0.25) is 0 Å². The quantitative estimate of drug-likeness (QED) is 0.148. The Labute approximate surface area is 377 Å². The lowest BCUT2D eigenvalue weighted by atomic mass is 9.64. The minimum absolute atomic E-state index is 0.430. The summed E-state index contributed by atoms with van der Waals surface area (Å²) in [5, 5.41) is 0. The third-order valence-corrected chi connectivity index (χ3v) is 14.2. The van der Waals surface area contributed by atoms with Crippen molar-refractivity contribution in [2.45, 2.75) is 24.2 Å². The third-order valence-electron chi connectivity index (χ3n) is 14.2. The van der Waals surface area contributed by atoms with Crippen molar-refractivity contribution < 1.29 is 0 Å². The molecule has 0 bridgehead atoms. The lowest BCUT2D eigenvalue weighted by molar-refractivity contribution is 0.615. The van der Waals surface area contributed by atoms with E-state index in [0.717, 1.165) is 23.5 Å². The summed E-state index contributed by atoms with van der Waals surface area (Å²) in [5.41, 5.74) is 20.4. The molecule has 9 aromatic carbocycles. The minimum Gasteiger partial charge on any atom is -0.310 e. The van der Waals surface area contributed by atoms with Gasteiger partial charge >= 0.3 is 0 Å². The molecule has 3 aliphatic carbocycles. The lowest BCUT2D eigenvalue weighted by Gasteiger charge is -2.38. The van der Waals surface area contributed by atoms with Crippen LogP contribution < -0.4 is 4.90 Å². The third kappa shape index (κ3) is 5.64. The molecule has 9 aromatic rings. The van der Waals surface area contributed by atoms with Crippen molar-refractivity contribution in [2.24, 2.45) is 5.92 Å². The summed E-state index contributed by atoms with van der Waals surface area (Å²) in [4.78, 5) is 2.53. The number of hydrogen-bond donors (Lipinski definition) is 0. The van der Waals surface area contributed by atoms with Crippen molar-refractivity contribution in [3.05, 3.63) is 293 Å². The normalized spacial score (nSPS) is 17.5. The van der Waals surface area contributed by atoms with Gasteiger partial charge in [0.1, 0.15) is 0 Å². The van der Waals surface area contributed by atoms with E-state index in [1.165, 1.54) is 77.9 Å². The van der Waals surface area contributed by atoms with Gasteiger partial charge in [0.05, 0.1) is 16.5 Å². The van der Waals surface area contributed by atoms with E-state index in [2.05, 4.69) is 261 Å². The molecule has 0 spiro atoms. The van der Waals surface area contributed by atoms with Crippen molar-refractivity contribution in [1.29, 1.82) is 0 Å². The van der Waals surface area contributed by atoms with Gasteiger partial charge in [0, 0.05) is 16.9 Å². The Morgan fingerprint density at radius 1 is 0.391 bits per heavy atom. The van der Waals surface area contributed by atoms with Crippen LogP contribution in [0, 0.1) is 5.92 Å². The number of benzene rings is 9. The van der Waals surface area contributed by atoms with Gasteiger partial charge in [0.25, 0.3) is 0 Å². The minimum atomic E-state index is -0.533. The Kier molecular flexibility index (Phi) is 9.05. The second kappa shape index (κ2) is 15.3. The molecular weight excluding hydrogens is 771 g/mol. The molecule has 0 saturated heterocycles. The van der Waals surface area contributed by atoms with E-state index in [0.29, 0.717) is 5.92 Å². The highest BCUT2D eigenvalue weighted by Crippen LogP contribution is 2.60. The number of fused-ring (bicyclic) bond motifs is 6. The topological polar surface area (TPSA) is 3.24 Å². The second-order valence-corrected chi connectivity index (χ2v) is 17.6. The summed E-state index contributed by atoms with van der Waals surface area (Å²) < 4.78 is 0. The van der Waals surface area contributed by atoms with E-state index in [4.69, 9.17) is 0 Å². The fourth-order valence-corrected chi connectivity index (χ4v) is 11.6. The van der Waals surface area contributed by atoms with Gasteiger partial charge in [-0.2, -0.15) is 0 Å². The zero-order valence-electron chi connectivity index (χ0n) is 35.9. The Morgan fingerprint density at radius 2 is 0.812 bits per heavy atom. The smallest absolute Gasteiger partial charge is 0.0714 e. The van der Waals surface area contributed by atoms with E-state index in [9.17, 15) is 0 Å². The van der Waals surface area contributed by atoms with Crippen molar-refractivity contribution in [3.63, 3.8) is 0 Å². The summed E-state index contributed by atoms with van der Waals surface area (Å²) in [6, 6.07) is 86.0. The summed E-state index contributed by atoms with van der Waals surface area (Å²) >= 11 is 0. The Bertz CT molecular complexity index is 3210. The molecule has 0 radical (unpaired) electrons. The molecule has 0 N–H and O–H groups in total. The second-order valence-electron chi connectivity index (χ2n) is 17.6. The van der Waals surface area contributed by atoms with Crippen LogP contribution >= 0.6 is 0 Å². The molecule has 0 fully saturated rings. The highest BCUT2D eigenvalue weighted by molar-refractivity contribution is 5.94. The van der Waals surface area contributed by atoms with E-state index in [1.807, 2.05) is 0 Å². The van der Waals surface area contributed by atoms with E-state index >= 15 is 0 Å². The SMILES string of the molecule is CC1C=CC=C(C2(c3ccccc3)c3ccccc3-c3ccc(N(c4ccc5c(c4)C(c4ccccc4)(c4ccccc4)c4ccccc4-5)c4ccccc4-c4ccccc4)cc32)C1. The molecule has 0 saturated carbocycles. The monoisotopic (exact) mass is 817 g/mol. The average molecular weight is 818 g/mol. The largest absolute Gasteiger partial charge is 0.310 e. The summed E-state index contributed by atoms with van der Waals surface area (Å²) in [7, 11) is 0. The first-order valence-electron chi connectivity index (χ1n) is 22.6. The number of nitrogens with zero attached hydrogens (tertiary/aromatic N) is 1. The van der Waals surface area contributed by atoms with Crippen molar-refractivity contribution in [1.82, 2.24) is 0 Å². The van der Waals surface area contributed by atoms with Crippen LogP contribution in [0.3, 0.4) is 0 Å². The van der Waals surface area contributed by atoms with Crippen molar-refractivity contribution >= 4 is 17.1 Å². The number of para-hydroxylation sites is 1. The standard InChI is InChI=1S/C63H47N/c1-44-21-20-30-49(41-44)63(48-28-12-5-13-29-48)58-35-18-15-33-54(58)56-40-38-51(43-60(56)63)64(61-36-19-16-31-52(61)45-22-6-2-7-23-45)50-37-39-55-53-32-14-17-34-57(53)62(59(55)42-50,46-24-8-3-9-25-46)47-26-10-4-11-27-47/h2-40,42-44H,41H2,1H3. The summed E-state index contributed by atoms with van der Waals surface area (Å²) in [6.45, 7) is 2.35. The fraction of sp³-hybridized carbons (Fsp3) is 0.0794. The zero-order valence-corrected chi connectivity index (χ0v) is 35.9. The molecule has 0 amide bonds. The van der Waals surface area contributed by atoms with Gasteiger partial charge in [-0.3, -0.25) is 0 Å². The molecule has 0 aromatic heterocycles. The molecule has 1 heteroatoms. The van der Waals surface area contributed by atoms with Gasteiger partial charge in [-0.1, -0.05) is 231 Å². The van der Waals surface area contributed by atoms with Crippen molar-refractivity contribution in [2.75, 3.05) is 4.90 Å². The van der Waals surface area contributed by atoms with Gasteiger partial charge in [0.15, 0.2) is 0 Å². The molecule has 2 atom stereocenters. The molecule has 1 nitrogen and oxygen atoms in total. The van der Waals surface area contributed by atoms with Crippen LogP contribution in [0.4, 0.5) is 17.1 Å². The Hall–Kier alpha value is -7.74. The molecule has 0 aliphatic heterocycles. The van der Waals surface area contributed by atoms with Crippen LogP contribution in [0.15, 0.2) is 254 Å². The van der Waals surface area contributed by atoms with Gasteiger partial charge < -0.3 is 4.90 Å². The first-order valence-corrected chi connectivity index (χ1v) is 22.6. The Morgan fingerprint density at radius 3 is 1.36 bits per heavy atom. The number of allylic oxidation sites excluding steroid dienone is 4. The van der Waals surface area contributed by atoms with Crippen molar-refractivity contribution in [3.8, 4) is 33.4 Å². The fourth-order valence-electron chi connectivity index (χ4n) is 11.6. The maximum Gasteiger partial charge on any atom is 0.0714 e. The van der Waals surface area contributed by atoms with E-state index in [1.54, 1.807) is 0 Å². The predicted molar refractivity (Wildman–Crippen MR) is 267 cm³/mol. The van der Waals surface area contributed by atoms with Crippen LogP contribution in [-0.4, -0.2) is 0 Å². The highest BCUT2D eigenvalue weighted by Gasteiger charge is 2.49. The van der Waals surface area contributed by atoms with Crippen LogP contribution in [0.25, 0.3) is 33.4 Å². The first kappa shape index (κ1) is 38.0. The van der Waals surface area contributed by atoms with Gasteiger partial charge in [0.2, 0.25) is 0 Å². The number of anilines is 3. The van der Waals surface area contributed by atoms with E-state index in [-0.39, 0.29) is 0 Å². The number of rotatable bonds is 8. The molecular formula is C63H47N. The molecule has 304 valence electrons. The molecule has 12 rings (SSSR count). The lowest BCUT2D eigenvalue weighted by Crippen LogP contribution is -2.31. The van der Waals surface area contributed by atoms with Crippen LogP contribution in [-0.2, 0) is 10.8 Å². The maximum atomic E-state index is 2.53. The zero-order chi connectivity index (χ0) is 42.7. The molecule has 2 unspecified atom stereocenters. The number of hydrogen-bond acceptors (Lipinski definition) is 1. The van der Waals surface area contributed by atoms with Crippen LogP contribution in [0.1, 0.15) is 52.3 Å². The molecule has 0 heterocycles. The highest BCUT2D eigenvalue weighted by atomic mass is 15.1. The van der Waals surface area contributed by atoms with Gasteiger partial charge in [-0.05, 0) is 109 Å². The average Bonchev–Trinajstić information content (AvgIpc) is 3.83. The summed E-state index contributed by atoms with van der Waals surface area (Å²) in [6.07, 6.45) is 8.02.